The fraction of sp³-hybridized carbons (Fsp3) is 0.550. The van der Waals surface area contributed by atoms with Crippen LogP contribution >= 0.6 is 0 Å². The molecule has 7 rings (SSSR count). The van der Waals surface area contributed by atoms with Gasteiger partial charge in [0.15, 0.2) is 6.23 Å². The number of nitrogens with zero attached hydrogens (tertiary/aromatic N) is 2. The van der Waals surface area contributed by atoms with Crippen LogP contribution < -0.4 is 0 Å². The van der Waals surface area contributed by atoms with Crippen molar-refractivity contribution in [3.63, 3.8) is 0 Å². The summed E-state index contributed by atoms with van der Waals surface area (Å²) < 4.78 is 5.78. The number of H-pyrrole nitrogens is 1. The molecule has 1 N–H and O–H groups in total. The molecule has 2 aromatic rings. The molecule has 24 heavy (non-hydrogen) atoms. The van der Waals surface area contributed by atoms with Crippen LogP contribution in [0.2, 0.25) is 0 Å². The molecule has 6 bridgehead atoms. The van der Waals surface area contributed by atoms with E-state index in [1.54, 1.807) is 5.56 Å². The van der Waals surface area contributed by atoms with Gasteiger partial charge in [-0.2, -0.15) is 0 Å². The van der Waals surface area contributed by atoms with E-state index >= 15 is 0 Å². The number of ether oxygens (including phenoxy) is 1. The highest BCUT2D eigenvalue weighted by Crippen LogP contribution is 2.58. The van der Waals surface area contributed by atoms with Crippen molar-refractivity contribution in [3.8, 4) is 0 Å². The first-order chi connectivity index (χ1) is 11.8. The van der Waals surface area contributed by atoms with Crippen LogP contribution in [-0.2, 0) is 11.2 Å². The minimum absolute atomic E-state index is 0.0407. The van der Waals surface area contributed by atoms with Crippen LogP contribution in [0, 0.1) is 17.8 Å². The van der Waals surface area contributed by atoms with E-state index in [0.29, 0.717) is 35.9 Å². The molecule has 3 saturated heterocycles. The second kappa shape index (κ2) is 4.50. The molecule has 0 amide bonds. The SMILES string of the molecule is COC1N=C[C@H]2[C@H]3C[C@H]4c5[nH]c6ccccc6c5C[C@@H](C13)N4[C@H]2C. The highest BCUT2D eigenvalue weighted by Gasteiger charge is 2.60. The van der Waals surface area contributed by atoms with Crippen LogP contribution in [0.25, 0.3) is 10.9 Å². The van der Waals surface area contributed by atoms with E-state index in [4.69, 9.17) is 9.73 Å². The van der Waals surface area contributed by atoms with E-state index in [-0.39, 0.29) is 6.23 Å². The largest absolute Gasteiger partial charge is 0.359 e. The van der Waals surface area contributed by atoms with Gasteiger partial charge in [-0.15, -0.1) is 0 Å². The standard InChI is InChI=1S/C20H23N3O/c1-10-14-9-21-20(24-2)18-12(14)7-17-19-13(8-16(18)23(10)17)11-5-3-4-6-15(11)22-19/h3-6,9-10,12,14,16-18,20,22H,7-8H2,1-2H3/t10-,12+,14+,16-,17-,18?,20?/m0/s1. The van der Waals surface area contributed by atoms with Crippen LogP contribution in [0.3, 0.4) is 0 Å². The number of para-hydroxylation sites is 1. The fourth-order valence-corrected chi connectivity index (χ4v) is 6.39. The summed E-state index contributed by atoms with van der Waals surface area (Å²) in [5, 5.41) is 1.42. The number of fused-ring (bicyclic) bond motifs is 3. The molecule has 3 fully saturated rings. The topological polar surface area (TPSA) is 40.6 Å². The lowest BCUT2D eigenvalue weighted by Crippen LogP contribution is -2.69. The van der Waals surface area contributed by atoms with Gasteiger partial charge in [-0.1, -0.05) is 18.2 Å². The zero-order valence-corrected chi connectivity index (χ0v) is 14.1. The van der Waals surface area contributed by atoms with Crippen molar-refractivity contribution in [2.45, 2.75) is 44.1 Å². The molecular formula is C20H23N3O. The second-order valence-electron chi connectivity index (χ2n) is 8.02. The van der Waals surface area contributed by atoms with Gasteiger partial charge in [0.25, 0.3) is 0 Å². The second-order valence-corrected chi connectivity index (χ2v) is 8.02. The Labute approximate surface area is 141 Å². The van der Waals surface area contributed by atoms with Gasteiger partial charge in [0.1, 0.15) is 0 Å². The van der Waals surface area contributed by atoms with Crippen LogP contribution in [0.4, 0.5) is 0 Å². The van der Waals surface area contributed by atoms with E-state index < -0.39 is 0 Å². The lowest BCUT2D eigenvalue weighted by Gasteiger charge is -2.64. The van der Waals surface area contributed by atoms with Crippen molar-refractivity contribution in [2.24, 2.45) is 22.7 Å². The van der Waals surface area contributed by atoms with E-state index in [0.717, 1.165) is 6.42 Å². The van der Waals surface area contributed by atoms with Gasteiger partial charge in [-0.25, -0.2) is 0 Å². The van der Waals surface area contributed by atoms with Crippen molar-refractivity contribution >= 4 is 17.1 Å². The summed E-state index contributed by atoms with van der Waals surface area (Å²) in [6, 6.07) is 10.5. The number of rotatable bonds is 1. The first kappa shape index (κ1) is 13.6. The van der Waals surface area contributed by atoms with Gasteiger partial charge >= 0.3 is 0 Å². The number of hydrogen-bond acceptors (Lipinski definition) is 3. The lowest BCUT2D eigenvalue weighted by atomic mass is 9.58. The molecule has 5 aliphatic heterocycles. The summed E-state index contributed by atoms with van der Waals surface area (Å²) in [5.74, 6) is 1.85. The van der Waals surface area contributed by atoms with E-state index in [2.05, 4.69) is 47.3 Å². The highest BCUT2D eigenvalue weighted by molar-refractivity contribution is 5.85. The molecule has 1 aromatic carbocycles. The smallest absolute Gasteiger partial charge is 0.152 e. The number of aromatic nitrogens is 1. The third kappa shape index (κ3) is 1.46. The Morgan fingerprint density at radius 1 is 1.29 bits per heavy atom. The molecule has 0 aliphatic carbocycles. The molecule has 0 radical (unpaired) electrons. The van der Waals surface area contributed by atoms with Crippen molar-refractivity contribution in [1.82, 2.24) is 9.88 Å². The summed E-state index contributed by atoms with van der Waals surface area (Å²) in [4.78, 5) is 11.3. The minimum atomic E-state index is 0.0407. The summed E-state index contributed by atoms with van der Waals surface area (Å²) in [6.07, 6.45) is 4.61. The summed E-state index contributed by atoms with van der Waals surface area (Å²) in [6.45, 7) is 2.40. The van der Waals surface area contributed by atoms with Gasteiger partial charge in [0.2, 0.25) is 0 Å². The van der Waals surface area contributed by atoms with Crippen LogP contribution in [-0.4, -0.2) is 41.5 Å². The molecule has 3 unspecified atom stereocenters. The minimum Gasteiger partial charge on any atom is -0.359 e. The highest BCUT2D eigenvalue weighted by atomic mass is 16.5. The van der Waals surface area contributed by atoms with Crippen LogP contribution in [0.5, 0.6) is 0 Å². The number of methoxy groups -OCH3 is 1. The third-order valence-electron chi connectivity index (χ3n) is 7.27. The number of aromatic amines is 1. The maximum absolute atomic E-state index is 5.78. The number of aliphatic imine (C=N–C) groups is 1. The van der Waals surface area contributed by atoms with E-state index in [1.165, 1.54) is 23.0 Å². The molecule has 6 heterocycles. The summed E-state index contributed by atoms with van der Waals surface area (Å²) >= 11 is 0. The van der Waals surface area contributed by atoms with E-state index in [1.807, 2.05) is 7.11 Å². The Bertz CT molecular complexity index is 856. The average Bonchev–Trinajstić information content (AvgIpc) is 2.98. The zero-order valence-electron chi connectivity index (χ0n) is 14.1. The zero-order chi connectivity index (χ0) is 16.0. The van der Waals surface area contributed by atoms with Gasteiger partial charge in [0.05, 0.1) is 6.04 Å². The maximum atomic E-state index is 5.78. The molecule has 0 saturated carbocycles. The van der Waals surface area contributed by atoms with Crippen LogP contribution in [0.1, 0.15) is 30.6 Å². The van der Waals surface area contributed by atoms with Crippen molar-refractivity contribution in [1.29, 1.82) is 0 Å². The van der Waals surface area contributed by atoms with Gasteiger partial charge in [-0.05, 0) is 37.3 Å². The first-order valence-electron chi connectivity index (χ1n) is 9.21. The fourth-order valence-electron chi connectivity index (χ4n) is 6.39. The maximum Gasteiger partial charge on any atom is 0.152 e. The van der Waals surface area contributed by atoms with Crippen molar-refractivity contribution < 1.29 is 4.74 Å². The molecule has 5 aliphatic rings. The number of hydrogen-bond donors (Lipinski definition) is 1. The average molecular weight is 321 g/mol. The molecule has 124 valence electrons. The summed E-state index contributed by atoms with van der Waals surface area (Å²) in [5.41, 5.74) is 4.32. The number of nitrogens with one attached hydrogen (secondary N) is 1. The monoisotopic (exact) mass is 321 g/mol. The van der Waals surface area contributed by atoms with Crippen molar-refractivity contribution in [2.75, 3.05) is 7.11 Å². The molecule has 0 spiro atoms. The normalized spacial score (nSPS) is 44.8. The van der Waals surface area contributed by atoms with Gasteiger partial charge in [0, 0.05) is 53.8 Å². The molecular weight excluding hydrogens is 298 g/mol. The molecule has 8 atom stereocenters. The number of benzene rings is 1. The quantitative estimate of drug-likeness (QED) is 0.876. The van der Waals surface area contributed by atoms with Gasteiger partial charge < -0.3 is 9.72 Å². The lowest BCUT2D eigenvalue weighted by molar-refractivity contribution is -0.158. The third-order valence-corrected chi connectivity index (χ3v) is 7.27. The molecule has 1 aromatic heterocycles. The predicted octanol–water partition coefficient (Wildman–Crippen LogP) is 3.15. The first-order valence-corrected chi connectivity index (χ1v) is 9.21. The Kier molecular flexibility index (Phi) is 2.55. The van der Waals surface area contributed by atoms with Gasteiger partial charge in [-0.3, -0.25) is 9.89 Å². The predicted molar refractivity (Wildman–Crippen MR) is 94.2 cm³/mol. The van der Waals surface area contributed by atoms with Crippen LogP contribution in [0.15, 0.2) is 29.3 Å². The Hall–Kier alpha value is -1.65. The summed E-state index contributed by atoms with van der Waals surface area (Å²) in [7, 11) is 1.82. The molecule has 4 nitrogen and oxygen atoms in total. The molecule has 4 heteroatoms. The number of piperidine rings is 3. The Balaban J connectivity index is 1.56. The van der Waals surface area contributed by atoms with E-state index in [9.17, 15) is 0 Å². The Morgan fingerprint density at radius 2 is 2.17 bits per heavy atom. The van der Waals surface area contributed by atoms with Crippen molar-refractivity contribution in [3.05, 3.63) is 35.5 Å². The Morgan fingerprint density at radius 3 is 3.04 bits per heavy atom.